The Kier molecular flexibility index (Phi) is 5.41. The van der Waals surface area contributed by atoms with Gasteiger partial charge >= 0.3 is 0 Å². The van der Waals surface area contributed by atoms with Gasteiger partial charge in [-0.05, 0) is 97.9 Å². The normalized spacial score (nSPS) is 29.5. The molecule has 2 aromatic rings. The topological polar surface area (TPSA) is 24.5 Å². The van der Waals surface area contributed by atoms with Crippen LogP contribution in [0, 0.1) is 11.8 Å². The minimum absolute atomic E-state index is 0.435. The van der Waals surface area contributed by atoms with E-state index in [2.05, 4.69) is 40.5 Å². The van der Waals surface area contributed by atoms with E-state index < -0.39 is 0 Å². The Bertz CT molecular complexity index is 950. The molecule has 2 saturated carbocycles. The van der Waals surface area contributed by atoms with Gasteiger partial charge in [0.2, 0.25) is 0 Å². The molecule has 4 aliphatic rings. The predicted octanol–water partition coefficient (Wildman–Crippen LogP) is 6.17. The maximum absolute atomic E-state index is 5.30. The summed E-state index contributed by atoms with van der Waals surface area (Å²) < 4.78 is 5.30. The number of likely N-dealkylation sites (tertiary alicyclic amines) is 1. The first-order valence-corrected chi connectivity index (χ1v) is 13.0. The zero-order valence-corrected chi connectivity index (χ0v) is 19.6. The molecular formula is C29H38N2O. The summed E-state index contributed by atoms with van der Waals surface area (Å²) in [5.74, 6) is 2.77. The zero-order chi connectivity index (χ0) is 21.5. The van der Waals surface area contributed by atoms with Crippen molar-refractivity contribution in [2.24, 2.45) is 11.8 Å². The van der Waals surface area contributed by atoms with Gasteiger partial charge in [-0.3, -0.25) is 4.90 Å². The van der Waals surface area contributed by atoms with Crippen molar-refractivity contribution in [1.82, 2.24) is 4.90 Å². The fourth-order valence-corrected chi connectivity index (χ4v) is 7.38. The third-order valence-corrected chi connectivity index (χ3v) is 9.32. The Balaban J connectivity index is 1.24. The van der Waals surface area contributed by atoms with Gasteiger partial charge in [-0.2, -0.15) is 0 Å². The molecular weight excluding hydrogens is 392 g/mol. The molecule has 0 radical (unpaired) electrons. The number of hydrogen-bond acceptors (Lipinski definition) is 3. The van der Waals surface area contributed by atoms with Crippen LogP contribution in [0.4, 0.5) is 5.69 Å². The lowest BCUT2D eigenvalue weighted by Gasteiger charge is -2.59. The number of ether oxygens (including phenoxy) is 1. The van der Waals surface area contributed by atoms with Crippen LogP contribution >= 0.6 is 0 Å². The number of methoxy groups -OCH3 is 1. The summed E-state index contributed by atoms with van der Waals surface area (Å²) in [6.45, 7) is 3.55. The highest BCUT2D eigenvalue weighted by Crippen LogP contribution is 2.56. The van der Waals surface area contributed by atoms with E-state index in [1.165, 1.54) is 82.1 Å². The fraction of sp³-hybridized carbons (Fsp3) is 0.586. The van der Waals surface area contributed by atoms with Gasteiger partial charge in [0.1, 0.15) is 5.75 Å². The maximum atomic E-state index is 5.30. The van der Waals surface area contributed by atoms with Gasteiger partial charge in [-0.15, -0.1) is 0 Å². The molecule has 1 heterocycles. The molecule has 1 saturated heterocycles. The Morgan fingerprint density at radius 2 is 1.88 bits per heavy atom. The van der Waals surface area contributed by atoms with Crippen molar-refractivity contribution >= 4 is 5.69 Å². The van der Waals surface area contributed by atoms with Crippen LogP contribution in [0.15, 0.2) is 42.5 Å². The smallest absolute Gasteiger partial charge is 0.118 e. The molecule has 2 bridgehead atoms. The molecule has 170 valence electrons. The number of benzene rings is 2. The Morgan fingerprint density at radius 3 is 2.66 bits per heavy atom. The van der Waals surface area contributed by atoms with Crippen LogP contribution in [0.2, 0.25) is 0 Å². The zero-order valence-electron chi connectivity index (χ0n) is 19.6. The number of fused-ring (bicyclic) bond motifs is 1. The molecule has 0 aromatic heterocycles. The van der Waals surface area contributed by atoms with E-state index in [0.29, 0.717) is 5.41 Å². The lowest BCUT2D eigenvalue weighted by atomic mass is 9.52. The van der Waals surface area contributed by atoms with Crippen molar-refractivity contribution in [2.45, 2.75) is 75.8 Å². The highest BCUT2D eigenvalue weighted by atomic mass is 16.5. The fourth-order valence-electron chi connectivity index (χ4n) is 7.38. The van der Waals surface area contributed by atoms with E-state index in [-0.39, 0.29) is 0 Å². The second-order valence-electron chi connectivity index (χ2n) is 10.9. The predicted molar refractivity (Wildman–Crippen MR) is 131 cm³/mol. The molecule has 0 amide bonds. The number of hydrogen-bond donors (Lipinski definition) is 1. The quantitative estimate of drug-likeness (QED) is 0.593. The number of anilines is 1. The van der Waals surface area contributed by atoms with Crippen molar-refractivity contribution in [3.05, 3.63) is 59.2 Å². The number of rotatable bonds is 6. The first kappa shape index (κ1) is 20.6. The third kappa shape index (κ3) is 3.53. The van der Waals surface area contributed by atoms with E-state index in [9.17, 15) is 0 Å². The van der Waals surface area contributed by atoms with Crippen LogP contribution in [0.3, 0.4) is 0 Å². The minimum Gasteiger partial charge on any atom is -0.497 e. The number of nitrogens with one attached hydrogen (secondary N) is 1. The van der Waals surface area contributed by atoms with Crippen molar-refractivity contribution < 1.29 is 4.74 Å². The van der Waals surface area contributed by atoms with E-state index >= 15 is 0 Å². The highest BCUT2D eigenvalue weighted by molar-refractivity contribution is 5.54. The molecule has 0 spiro atoms. The summed E-state index contributed by atoms with van der Waals surface area (Å²) in [7, 11) is 1.72. The largest absolute Gasteiger partial charge is 0.497 e. The molecule has 2 aromatic carbocycles. The summed E-state index contributed by atoms with van der Waals surface area (Å²) in [4.78, 5) is 2.93. The molecule has 3 fully saturated rings. The Labute approximate surface area is 193 Å². The lowest BCUT2D eigenvalue weighted by Crippen LogP contribution is -2.61. The molecule has 32 heavy (non-hydrogen) atoms. The molecule has 3 heteroatoms. The first-order chi connectivity index (χ1) is 15.7. The van der Waals surface area contributed by atoms with E-state index in [1.54, 1.807) is 18.2 Å². The highest BCUT2D eigenvalue weighted by Gasteiger charge is 2.53. The minimum atomic E-state index is 0.435. The van der Waals surface area contributed by atoms with Crippen LogP contribution < -0.4 is 10.1 Å². The van der Waals surface area contributed by atoms with Gasteiger partial charge in [0.15, 0.2) is 0 Å². The number of piperidine rings is 1. The van der Waals surface area contributed by atoms with Crippen LogP contribution in [0.5, 0.6) is 5.75 Å². The van der Waals surface area contributed by atoms with Crippen molar-refractivity contribution in [3.8, 4) is 5.75 Å². The molecule has 3 atom stereocenters. The van der Waals surface area contributed by atoms with Crippen LogP contribution in [-0.2, 0) is 18.4 Å². The van der Waals surface area contributed by atoms with Crippen LogP contribution in [0.25, 0.3) is 0 Å². The van der Waals surface area contributed by atoms with Crippen LogP contribution in [-0.4, -0.2) is 31.1 Å². The molecule has 1 aliphatic heterocycles. The average molecular weight is 431 g/mol. The summed E-state index contributed by atoms with van der Waals surface area (Å²) in [5, 5.41) is 3.71. The Morgan fingerprint density at radius 1 is 1.00 bits per heavy atom. The lowest BCUT2D eigenvalue weighted by molar-refractivity contribution is -0.0239. The summed E-state index contributed by atoms with van der Waals surface area (Å²) >= 11 is 0. The molecule has 0 unspecified atom stereocenters. The van der Waals surface area contributed by atoms with E-state index in [1.807, 2.05) is 12.1 Å². The second-order valence-corrected chi connectivity index (χ2v) is 10.9. The van der Waals surface area contributed by atoms with Gasteiger partial charge in [0.25, 0.3) is 0 Å². The monoisotopic (exact) mass is 430 g/mol. The van der Waals surface area contributed by atoms with Gasteiger partial charge in [-0.25, -0.2) is 0 Å². The molecule has 1 N–H and O–H groups in total. The van der Waals surface area contributed by atoms with Crippen molar-refractivity contribution in [2.75, 3.05) is 25.5 Å². The summed E-state index contributed by atoms with van der Waals surface area (Å²) in [6.07, 6.45) is 12.7. The molecule has 3 nitrogen and oxygen atoms in total. The molecule has 3 aliphatic carbocycles. The standard InChI is InChI=1S/C29H38N2O/c1-32-25-12-8-21(9-13-25)19-30-24-11-10-23-17-28-26-7-2-3-14-29(26,27(23)18-24)15-16-31(28)20-22-5-4-6-22/h8-13,18,22,26,28,30H,2-7,14-17,19-20H2,1H3/t26-,28+,29+/m0/s1. The van der Waals surface area contributed by atoms with Gasteiger partial charge in [0.05, 0.1) is 7.11 Å². The molecule has 6 rings (SSSR count). The van der Waals surface area contributed by atoms with Crippen LogP contribution in [0.1, 0.15) is 68.1 Å². The Hall–Kier alpha value is -2.00. The SMILES string of the molecule is COc1ccc(CNc2ccc3c(c2)[C@@]24CCCC[C@H]2[C@@H](C3)N(CC2CCC2)CC4)cc1. The summed E-state index contributed by atoms with van der Waals surface area (Å²) in [5.41, 5.74) is 6.35. The van der Waals surface area contributed by atoms with Gasteiger partial charge in [-0.1, -0.05) is 37.5 Å². The second kappa shape index (κ2) is 8.41. The average Bonchev–Trinajstić information content (AvgIpc) is 2.81. The van der Waals surface area contributed by atoms with Crippen molar-refractivity contribution in [3.63, 3.8) is 0 Å². The maximum Gasteiger partial charge on any atom is 0.118 e. The summed E-state index contributed by atoms with van der Waals surface area (Å²) in [6, 6.07) is 16.5. The first-order valence-electron chi connectivity index (χ1n) is 13.0. The van der Waals surface area contributed by atoms with E-state index in [4.69, 9.17) is 4.74 Å². The van der Waals surface area contributed by atoms with Gasteiger partial charge in [0, 0.05) is 30.2 Å². The van der Waals surface area contributed by atoms with E-state index in [0.717, 1.165) is 30.2 Å². The number of nitrogens with zero attached hydrogens (tertiary/aromatic N) is 1. The van der Waals surface area contributed by atoms with Gasteiger partial charge < -0.3 is 10.1 Å². The van der Waals surface area contributed by atoms with Crippen molar-refractivity contribution in [1.29, 1.82) is 0 Å². The third-order valence-electron chi connectivity index (χ3n) is 9.32.